The van der Waals surface area contributed by atoms with Gasteiger partial charge in [0, 0.05) is 28.6 Å². The van der Waals surface area contributed by atoms with Crippen LogP contribution >= 0.6 is 11.3 Å². The number of primary amides is 1. The van der Waals surface area contributed by atoms with Crippen molar-refractivity contribution < 1.29 is 24.0 Å². The van der Waals surface area contributed by atoms with Crippen molar-refractivity contribution in [2.45, 2.75) is 26.8 Å². The Labute approximate surface area is 175 Å². The van der Waals surface area contributed by atoms with Gasteiger partial charge in [-0.1, -0.05) is 6.07 Å². The minimum Gasteiger partial charge on any atom is -0.450 e. The van der Waals surface area contributed by atoms with E-state index in [0.29, 0.717) is 18.5 Å². The number of carbonyl (C=O) groups excluding carboxylic acids is 3. The van der Waals surface area contributed by atoms with Crippen LogP contribution in [0.4, 0.5) is 15.5 Å². The van der Waals surface area contributed by atoms with Crippen LogP contribution in [-0.2, 0) is 17.7 Å². The molecule has 0 aliphatic carbocycles. The normalized spacial score (nSPS) is 12.8. The number of hydrogen-bond donors (Lipinski definition) is 2. The molecule has 3 N–H and O–H groups in total. The first-order valence-corrected chi connectivity index (χ1v) is 9.97. The molecule has 3 amide bonds. The molecular weight excluding hydrogens is 412 g/mol. The van der Waals surface area contributed by atoms with Crippen molar-refractivity contribution >= 4 is 39.9 Å². The summed E-state index contributed by atoms with van der Waals surface area (Å²) in [5, 5.41) is 14.1. The number of thiophene rings is 1. The van der Waals surface area contributed by atoms with Crippen LogP contribution in [0.1, 0.15) is 43.6 Å². The fourth-order valence-electron chi connectivity index (χ4n) is 3.36. The van der Waals surface area contributed by atoms with Gasteiger partial charge in [0.15, 0.2) is 0 Å². The molecule has 158 valence electrons. The number of amides is 3. The van der Waals surface area contributed by atoms with Gasteiger partial charge in [0.1, 0.15) is 5.00 Å². The molecule has 0 bridgehead atoms. The molecule has 0 fully saturated rings. The van der Waals surface area contributed by atoms with Crippen molar-refractivity contribution in [1.29, 1.82) is 0 Å². The number of anilines is 1. The van der Waals surface area contributed by atoms with Crippen molar-refractivity contribution in [1.82, 2.24) is 4.90 Å². The highest BCUT2D eigenvalue weighted by atomic mass is 32.1. The molecule has 0 saturated heterocycles. The Balaban J connectivity index is 1.92. The summed E-state index contributed by atoms with van der Waals surface area (Å²) in [4.78, 5) is 49.7. The lowest BCUT2D eigenvalue weighted by atomic mass is 10.0. The topological polar surface area (TPSA) is 145 Å². The van der Waals surface area contributed by atoms with E-state index in [9.17, 15) is 24.5 Å². The summed E-state index contributed by atoms with van der Waals surface area (Å²) in [6, 6.07) is 4.21. The highest BCUT2D eigenvalue weighted by Gasteiger charge is 2.30. The zero-order chi connectivity index (χ0) is 22.0. The van der Waals surface area contributed by atoms with Gasteiger partial charge in [-0.3, -0.25) is 19.7 Å². The van der Waals surface area contributed by atoms with E-state index in [1.54, 1.807) is 6.92 Å². The Morgan fingerprint density at radius 2 is 2.10 bits per heavy atom. The second-order valence-corrected chi connectivity index (χ2v) is 7.71. The Morgan fingerprint density at radius 3 is 2.73 bits per heavy atom. The van der Waals surface area contributed by atoms with Gasteiger partial charge in [-0.25, -0.2) is 4.79 Å². The van der Waals surface area contributed by atoms with E-state index < -0.39 is 22.8 Å². The van der Waals surface area contributed by atoms with Gasteiger partial charge in [-0.15, -0.1) is 11.3 Å². The van der Waals surface area contributed by atoms with Crippen LogP contribution in [0.15, 0.2) is 18.2 Å². The maximum atomic E-state index is 12.8. The van der Waals surface area contributed by atoms with Gasteiger partial charge in [0.05, 0.1) is 23.6 Å². The smallest absolute Gasteiger partial charge is 0.410 e. The van der Waals surface area contributed by atoms with E-state index in [1.807, 2.05) is 0 Å². The van der Waals surface area contributed by atoms with Crippen LogP contribution in [0.3, 0.4) is 0 Å². The second kappa shape index (κ2) is 8.49. The van der Waals surface area contributed by atoms with E-state index in [-0.39, 0.29) is 40.5 Å². The maximum absolute atomic E-state index is 12.8. The second-order valence-electron chi connectivity index (χ2n) is 6.60. The number of fused-ring (bicyclic) bond motifs is 1. The number of hydrogen-bond acceptors (Lipinski definition) is 7. The quantitative estimate of drug-likeness (QED) is 0.549. The minimum absolute atomic E-state index is 0.124. The molecule has 1 aromatic heterocycles. The maximum Gasteiger partial charge on any atom is 0.410 e. The van der Waals surface area contributed by atoms with Crippen LogP contribution in [0.2, 0.25) is 0 Å². The molecule has 3 rings (SSSR count). The number of ether oxygens (including phenoxy) is 1. The van der Waals surface area contributed by atoms with E-state index in [2.05, 4.69) is 5.32 Å². The predicted octanol–water partition coefficient (Wildman–Crippen LogP) is 2.83. The lowest BCUT2D eigenvalue weighted by Gasteiger charge is -2.26. The molecule has 10 nitrogen and oxygen atoms in total. The molecule has 0 saturated carbocycles. The Bertz CT molecular complexity index is 1050. The molecule has 2 heterocycles. The van der Waals surface area contributed by atoms with Crippen molar-refractivity contribution in [3.05, 3.63) is 55.4 Å². The van der Waals surface area contributed by atoms with Crippen LogP contribution in [0, 0.1) is 17.0 Å². The first-order valence-electron chi connectivity index (χ1n) is 9.16. The Hall–Kier alpha value is -3.47. The van der Waals surface area contributed by atoms with Crippen molar-refractivity contribution in [2.75, 3.05) is 18.5 Å². The third-order valence-corrected chi connectivity index (χ3v) is 5.94. The van der Waals surface area contributed by atoms with Gasteiger partial charge in [0.25, 0.3) is 17.5 Å². The predicted molar refractivity (Wildman–Crippen MR) is 110 cm³/mol. The molecule has 30 heavy (non-hydrogen) atoms. The molecule has 0 spiro atoms. The fraction of sp³-hybridized carbons (Fsp3) is 0.316. The standard InChI is InChI=1S/C19H20N4O6S/c1-3-29-19(26)22-8-7-12-14(9-22)30-18(15(12)16(20)24)21-17(25)11-5-4-6-13(10(11)2)23(27)28/h4-6H,3,7-9H2,1-2H3,(H2,20,24)(H,21,25). The lowest BCUT2D eigenvalue weighted by molar-refractivity contribution is -0.385. The minimum atomic E-state index is -0.692. The third kappa shape index (κ3) is 3.96. The number of benzene rings is 1. The zero-order valence-electron chi connectivity index (χ0n) is 16.4. The number of nitro benzene ring substituents is 1. The summed E-state index contributed by atoms with van der Waals surface area (Å²) < 4.78 is 5.02. The first kappa shape index (κ1) is 21.2. The summed E-state index contributed by atoms with van der Waals surface area (Å²) in [6.45, 7) is 4.06. The van der Waals surface area contributed by atoms with E-state index >= 15 is 0 Å². The molecule has 2 aromatic rings. The van der Waals surface area contributed by atoms with Gasteiger partial charge < -0.3 is 20.7 Å². The number of rotatable bonds is 5. The van der Waals surface area contributed by atoms with Crippen LogP contribution in [-0.4, -0.2) is 40.9 Å². The van der Waals surface area contributed by atoms with Crippen LogP contribution < -0.4 is 11.1 Å². The fourth-order valence-corrected chi connectivity index (χ4v) is 4.62. The summed E-state index contributed by atoms with van der Waals surface area (Å²) in [6.07, 6.45) is -0.0516. The van der Waals surface area contributed by atoms with Crippen molar-refractivity contribution in [2.24, 2.45) is 5.73 Å². The van der Waals surface area contributed by atoms with Gasteiger partial charge in [-0.2, -0.15) is 0 Å². The molecule has 11 heteroatoms. The molecule has 1 aromatic carbocycles. The van der Waals surface area contributed by atoms with Crippen LogP contribution in [0.5, 0.6) is 0 Å². The van der Waals surface area contributed by atoms with Gasteiger partial charge in [-0.05, 0) is 31.9 Å². The van der Waals surface area contributed by atoms with Gasteiger partial charge >= 0.3 is 6.09 Å². The Kier molecular flexibility index (Phi) is 6.01. The number of nitro groups is 1. The van der Waals surface area contributed by atoms with Crippen LogP contribution in [0.25, 0.3) is 0 Å². The SMILES string of the molecule is CCOC(=O)N1CCc2c(sc(NC(=O)c3cccc([N+](=O)[O-])c3C)c2C(N)=O)C1. The molecule has 1 aliphatic heterocycles. The summed E-state index contributed by atoms with van der Waals surface area (Å²) in [7, 11) is 0. The average molecular weight is 432 g/mol. The van der Waals surface area contributed by atoms with Gasteiger partial charge in [0.2, 0.25) is 0 Å². The molecule has 0 radical (unpaired) electrons. The number of carbonyl (C=O) groups is 3. The average Bonchev–Trinajstić information content (AvgIpc) is 3.05. The molecule has 0 unspecified atom stereocenters. The first-order chi connectivity index (χ1) is 14.2. The third-order valence-electron chi connectivity index (χ3n) is 4.80. The zero-order valence-corrected chi connectivity index (χ0v) is 17.2. The van der Waals surface area contributed by atoms with E-state index in [1.165, 1.54) is 30.0 Å². The van der Waals surface area contributed by atoms with Crippen molar-refractivity contribution in [3.63, 3.8) is 0 Å². The summed E-state index contributed by atoms with van der Waals surface area (Å²) in [5.41, 5.74) is 6.62. The van der Waals surface area contributed by atoms with E-state index in [4.69, 9.17) is 10.5 Å². The number of nitrogens with two attached hydrogens (primary N) is 1. The monoisotopic (exact) mass is 432 g/mol. The molecular formula is C19H20N4O6S. The molecule has 1 aliphatic rings. The highest BCUT2D eigenvalue weighted by molar-refractivity contribution is 7.17. The molecule has 0 atom stereocenters. The number of nitrogens with zero attached hydrogens (tertiary/aromatic N) is 2. The van der Waals surface area contributed by atoms with E-state index in [0.717, 1.165) is 16.2 Å². The highest BCUT2D eigenvalue weighted by Crippen LogP contribution is 2.37. The Morgan fingerprint density at radius 1 is 1.37 bits per heavy atom. The number of nitrogens with one attached hydrogen (secondary N) is 1. The summed E-state index contributed by atoms with van der Waals surface area (Å²) >= 11 is 1.15. The van der Waals surface area contributed by atoms with Crippen molar-refractivity contribution in [3.8, 4) is 0 Å². The largest absolute Gasteiger partial charge is 0.450 e. The summed E-state index contributed by atoms with van der Waals surface area (Å²) in [5.74, 6) is -1.28. The lowest BCUT2D eigenvalue weighted by Crippen LogP contribution is -2.36.